The summed E-state index contributed by atoms with van der Waals surface area (Å²) in [7, 11) is -4.18. The first-order valence-corrected chi connectivity index (χ1v) is 11.2. The standard InChI is InChI=1S/C16H26N3O5PS/c1-11(2)10-14(15(20)17-8-9-25(22,23)24)19-16(21)18-12-4-6-13(26-3)7-5-12/h4-7,11,14H,8-10H2,1-3H3,(H,17,20)(H2,18,19,21)(H2,22,23,24)/t14-/m0/s1. The largest absolute Gasteiger partial charge is 0.354 e. The highest BCUT2D eigenvalue weighted by atomic mass is 32.2. The van der Waals surface area contributed by atoms with E-state index in [1.807, 2.05) is 32.2 Å². The number of rotatable bonds is 9. The molecule has 0 aliphatic carbocycles. The Hall–Kier alpha value is -1.54. The van der Waals surface area contributed by atoms with Crippen LogP contribution in [0.25, 0.3) is 0 Å². The van der Waals surface area contributed by atoms with Crippen LogP contribution in [-0.4, -0.2) is 46.7 Å². The van der Waals surface area contributed by atoms with Gasteiger partial charge in [-0.15, -0.1) is 11.8 Å². The van der Waals surface area contributed by atoms with Crippen LogP contribution in [0.2, 0.25) is 0 Å². The van der Waals surface area contributed by atoms with Crippen LogP contribution in [0.5, 0.6) is 0 Å². The maximum atomic E-state index is 12.2. The third kappa shape index (κ3) is 9.24. The van der Waals surface area contributed by atoms with Gasteiger partial charge in [-0.2, -0.15) is 0 Å². The lowest BCUT2D eigenvalue weighted by Gasteiger charge is -2.20. The van der Waals surface area contributed by atoms with Crippen molar-refractivity contribution < 1.29 is 23.9 Å². The highest BCUT2D eigenvalue weighted by molar-refractivity contribution is 7.98. The summed E-state index contributed by atoms with van der Waals surface area (Å²) in [5, 5.41) is 7.73. The number of urea groups is 1. The van der Waals surface area contributed by atoms with E-state index in [0.717, 1.165) is 4.90 Å². The molecule has 0 saturated heterocycles. The molecule has 0 aliphatic heterocycles. The van der Waals surface area contributed by atoms with E-state index in [4.69, 9.17) is 9.79 Å². The fourth-order valence-electron chi connectivity index (χ4n) is 2.15. The van der Waals surface area contributed by atoms with E-state index in [2.05, 4.69) is 16.0 Å². The molecule has 0 heterocycles. The second-order valence-corrected chi connectivity index (χ2v) is 8.84. The topological polar surface area (TPSA) is 128 Å². The SMILES string of the molecule is CSc1ccc(NC(=O)N[C@@H](CC(C)C)C(=O)NCCP(=O)(O)O)cc1. The van der Waals surface area contributed by atoms with Crippen molar-refractivity contribution in [1.29, 1.82) is 0 Å². The van der Waals surface area contributed by atoms with Crippen LogP contribution in [0.4, 0.5) is 10.5 Å². The molecule has 146 valence electrons. The molecule has 10 heteroatoms. The normalized spacial score (nSPS) is 12.5. The summed E-state index contributed by atoms with van der Waals surface area (Å²) in [6.07, 6.45) is 1.92. The molecule has 0 aliphatic rings. The molecule has 8 nitrogen and oxygen atoms in total. The number of carbonyl (C=O) groups excluding carboxylic acids is 2. The Morgan fingerprint density at radius 1 is 1.19 bits per heavy atom. The fourth-order valence-corrected chi connectivity index (χ4v) is 2.96. The summed E-state index contributed by atoms with van der Waals surface area (Å²) in [6.45, 7) is 3.67. The molecule has 1 aromatic carbocycles. The zero-order chi connectivity index (χ0) is 19.7. The number of carbonyl (C=O) groups is 2. The summed E-state index contributed by atoms with van der Waals surface area (Å²) in [4.78, 5) is 43.1. The molecule has 0 radical (unpaired) electrons. The van der Waals surface area contributed by atoms with Crippen LogP contribution >= 0.6 is 19.4 Å². The lowest BCUT2D eigenvalue weighted by molar-refractivity contribution is -0.123. The second kappa shape index (κ2) is 10.6. The molecule has 1 rings (SSSR count). The Bertz CT molecular complexity index is 648. The van der Waals surface area contributed by atoms with Gasteiger partial charge in [-0.3, -0.25) is 9.36 Å². The number of hydrogen-bond acceptors (Lipinski definition) is 4. The molecule has 0 spiro atoms. The van der Waals surface area contributed by atoms with Gasteiger partial charge in [0.15, 0.2) is 0 Å². The van der Waals surface area contributed by atoms with E-state index in [1.54, 1.807) is 23.9 Å². The minimum absolute atomic E-state index is 0.147. The first kappa shape index (κ1) is 22.5. The maximum absolute atomic E-state index is 12.2. The summed E-state index contributed by atoms with van der Waals surface area (Å²) in [5.74, 6) is -0.325. The first-order valence-electron chi connectivity index (χ1n) is 8.14. The Morgan fingerprint density at radius 2 is 1.81 bits per heavy atom. The van der Waals surface area contributed by atoms with Crippen molar-refractivity contribution in [3.05, 3.63) is 24.3 Å². The van der Waals surface area contributed by atoms with Crippen LogP contribution < -0.4 is 16.0 Å². The van der Waals surface area contributed by atoms with Crippen molar-refractivity contribution in [3.63, 3.8) is 0 Å². The monoisotopic (exact) mass is 403 g/mol. The van der Waals surface area contributed by atoms with Gasteiger partial charge in [0.1, 0.15) is 6.04 Å². The third-order valence-corrected chi connectivity index (χ3v) is 4.93. The number of anilines is 1. The van der Waals surface area contributed by atoms with Crippen molar-refractivity contribution >= 4 is 37.0 Å². The van der Waals surface area contributed by atoms with Gasteiger partial charge in [0, 0.05) is 17.1 Å². The summed E-state index contributed by atoms with van der Waals surface area (Å²) < 4.78 is 10.8. The molecule has 0 saturated carbocycles. The number of benzene rings is 1. The maximum Gasteiger partial charge on any atom is 0.327 e. The quantitative estimate of drug-likeness (QED) is 0.318. The van der Waals surface area contributed by atoms with E-state index in [1.165, 1.54) is 0 Å². The van der Waals surface area contributed by atoms with E-state index in [0.29, 0.717) is 12.1 Å². The van der Waals surface area contributed by atoms with Gasteiger partial charge in [0.25, 0.3) is 0 Å². The Labute approximate surface area is 157 Å². The summed E-state index contributed by atoms with van der Waals surface area (Å²) >= 11 is 1.59. The van der Waals surface area contributed by atoms with Gasteiger partial charge in [0.2, 0.25) is 5.91 Å². The van der Waals surface area contributed by atoms with Gasteiger partial charge in [-0.05, 0) is 42.9 Å². The number of hydrogen-bond donors (Lipinski definition) is 5. The molecule has 0 unspecified atom stereocenters. The molecular weight excluding hydrogens is 377 g/mol. The molecule has 5 N–H and O–H groups in total. The zero-order valence-corrected chi connectivity index (χ0v) is 16.8. The van der Waals surface area contributed by atoms with E-state index in [-0.39, 0.29) is 12.5 Å². The Balaban J connectivity index is 2.62. The fraction of sp³-hybridized carbons (Fsp3) is 0.500. The van der Waals surface area contributed by atoms with Crippen LogP contribution in [0.15, 0.2) is 29.2 Å². The van der Waals surface area contributed by atoms with Crippen LogP contribution in [-0.2, 0) is 9.36 Å². The van der Waals surface area contributed by atoms with Crippen LogP contribution in [0, 0.1) is 5.92 Å². The summed E-state index contributed by atoms with van der Waals surface area (Å²) in [6, 6.07) is 5.97. The Kier molecular flexibility index (Phi) is 9.15. The predicted octanol–water partition coefficient (Wildman–Crippen LogP) is 2.24. The lowest BCUT2D eigenvalue weighted by Crippen LogP contribution is -2.49. The predicted molar refractivity (Wildman–Crippen MR) is 104 cm³/mol. The molecule has 0 bridgehead atoms. The van der Waals surface area contributed by atoms with Gasteiger partial charge in [0.05, 0.1) is 6.16 Å². The van der Waals surface area contributed by atoms with Crippen LogP contribution in [0.3, 0.4) is 0 Å². The van der Waals surface area contributed by atoms with E-state index >= 15 is 0 Å². The van der Waals surface area contributed by atoms with Crippen molar-refractivity contribution in [2.75, 3.05) is 24.3 Å². The average Bonchev–Trinajstić information content (AvgIpc) is 2.53. The van der Waals surface area contributed by atoms with Crippen molar-refractivity contribution in [2.45, 2.75) is 31.2 Å². The van der Waals surface area contributed by atoms with Gasteiger partial charge in [-0.1, -0.05) is 13.8 Å². The van der Waals surface area contributed by atoms with Crippen molar-refractivity contribution in [2.24, 2.45) is 5.92 Å². The number of nitrogens with one attached hydrogen (secondary N) is 3. The van der Waals surface area contributed by atoms with Crippen molar-refractivity contribution in [1.82, 2.24) is 10.6 Å². The minimum atomic E-state index is -4.18. The average molecular weight is 403 g/mol. The number of amides is 3. The lowest BCUT2D eigenvalue weighted by atomic mass is 10.0. The Morgan fingerprint density at radius 3 is 2.31 bits per heavy atom. The molecule has 1 atom stereocenters. The zero-order valence-electron chi connectivity index (χ0n) is 15.1. The molecule has 0 fully saturated rings. The van der Waals surface area contributed by atoms with Crippen LogP contribution in [0.1, 0.15) is 20.3 Å². The van der Waals surface area contributed by atoms with E-state index in [9.17, 15) is 14.2 Å². The first-order chi connectivity index (χ1) is 12.1. The molecule has 26 heavy (non-hydrogen) atoms. The highest BCUT2D eigenvalue weighted by Gasteiger charge is 2.22. The molecular formula is C16H26N3O5PS. The smallest absolute Gasteiger partial charge is 0.327 e. The van der Waals surface area contributed by atoms with Gasteiger partial charge in [-0.25, -0.2) is 4.79 Å². The van der Waals surface area contributed by atoms with Gasteiger partial charge < -0.3 is 25.7 Å². The second-order valence-electron chi connectivity index (χ2n) is 6.19. The third-order valence-electron chi connectivity index (χ3n) is 3.38. The van der Waals surface area contributed by atoms with Crippen molar-refractivity contribution in [3.8, 4) is 0 Å². The number of thioether (sulfide) groups is 1. The summed E-state index contributed by atoms with van der Waals surface area (Å²) in [5.41, 5.74) is 0.602. The minimum Gasteiger partial charge on any atom is -0.354 e. The molecule has 0 aromatic heterocycles. The van der Waals surface area contributed by atoms with E-state index < -0.39 is 31.7 Å². The molecule has 1 aromatic rings. The molecule has 3 amide bonds. The van der Waals surface area contributed by atoms with Gasteiger partial charge >= 0.3 is 13.6 Å². The highest BCUT2D eigenvalue weighted by Crippen LogP contribution is 2.32.